The smallest absolute Gasteiger partial charge is 0.545 e. The third-order valence-electron chi connectivity index (χ3n) is 2.15. The number of para-hydroxylation sites is 1. The average molecular weight is 261 g/mol. The van der Waals surface area contributed by atoms with Crippen LogP contribution in [0.1, 0.15) is 20.8 Å². The Morgan fingerprint density at radius 2 is 1.61 bits per heavy atom. The summed E-state index contributed by atoms with van der Waals surface area (Å²) in [7, 11) is 0. The second-order valence-corrected chi connectivity index (χ2v) is 3.15. The maximum absolute atomic E-state index is 10.8. The minimum atomic E-state index is -1.45. The Bertz CT molecular complexity index is 601. The van der Waals surface area contributed by atoms with Crippen molar-refractivity contribution < 1.29 is 78.9 Å². The fourth-order valence-corrected chi connectivity index (χ4v) is 1.43. The Labute approximate surface area is 147 Å². The van der Waals surface area contributed by atoms with Gasteiger partial charge in [0.05, 0.1) is 23.1 Å². The number of fused-ring (bicyclic) bond motifs is 1. The third-order valence-corrected chi connectivity index (χ3v) is 2.15. The molecule has 0 aliphatic carbocycles. The predicted molar refractivity (Wildman–Crippen MR) is 50.4 cm³/mol. The van der Waals surface area contributed by atoms with Gasteiger partial charge in [0.1, 0.15) is 0 Å². The monoisotopic (exact) mass is 261 g/mol. The molecule has 0 aliphatic heterocycles. The molecule has 0 unspecified atom stereocenters. The average Bonchev–Trinajstić information content (AvgIpc) is 2.27. The fourth-order valence-electron chi connectivity index (χ4n) is 1.43. The van der Waals surface area contributed by atoms with Gasteiger partial charge in [-0.25, -0.2) is 4.98 Å². The Balaban J connectivity index is 0.00000144. The molecule has 18 heavy (non-hydrogen) atoms. The maximum atomic E-state index is 10.8. The van der Waals surface area contributed by atoms with E-state index in [9.17, 15) is 19.8 Å². The van der Waals surface area contributed by atoms with Crippen LogP contribution in [-0.2, 0) is 0 Å². The van der Waals surface area contributed by atoms with Gasteiger partial charge in [-0.15, -0.1) is 0 Å². The Kier molecular flexibility index (Phi) is 7.06. The number of aromatic nitrogens is 1. The zero-order valence-corrected chi connectivity index (χ0v) is 14.0. The van der Waals surface area contributed by atoms with Crippen LogP contribution in [-0.4, -0.2) is 16.9 Å². The number of rotatable bonds is 2. The van der Waals surface area contributed by atoms with Crippen LogP contribution in [0, 0.1) is 0 Å². The molecule has 7 heteroatoms. The first-order valence-electron chi connectivity index (χ1n) is 4.42. The predicted octanol–water partition coefficient (Wildman–Crippen LogP) is -7.03. The van der Waals surface area contributed by atoms with Crippen molar-refractivity contribution in [2.75, 3.05) is 0 Å². The maximum Gasteiger partial charge on any atom is 1.00 e. The van der Waals surface area contributed by atoms with E-state index in [2.05, 4.69) is 4.98 Å². The second-order valence-electron chi connectivity index (χ2n) is 3.15. The first kappa shape index (κ1) is 17.6. The topological polar surface area (TPSA) is 93.1 Å². The number of carboxylic acid groups (broad SMARTS) is 2. The molecule has 0 aliphatic rings. The van der Waals surface area contributed by atoms with Gasteiger partial charge in [-0.05, 0) is 6.07 Å². The quantitative estimate of drug-likeness (QED) is 0.501. The number of carbonyl (C=O) groups is 2. The van der Waals surface area contributed by atoms with Crippen molar-refractivity contribution in [3.05, 3.63) is 41.6 Å². The second kappa shape index (κ2) is 7.23. The summed E-state index contributed by atoms with van der Waals surface area (Å²) in [5.74, 6) is -2.84. The summed E-state index contributed by atoms with van der Waals surface area (Å²) in [6.07, 6.45) is 0. The molecule has 1 aromatic carbocycles. The van der Waals surface area contributed by atoms with Gasteiger partial charge >= 0.3 is 59.1 Å². The summed E-state index contributed by atoms with van der Waals surface area (Å²) in [6, 6.07) is 7.21. The van der Waals surface area contributed by atoms with Crippen LogP contribution in [0.5, 0.6) is 0 Å². The number of carboxylic acids is 2. The molecular weight excluding hydrogens is 256 g/mol. The Morgan fingerprint density at radius 3 is 2.17 bits per heavy atom. The van der Waals surface area contributed by atoms with Gasteiger partial charge in [0, 0.05) is 10.9 Å². The van der Waals surface area contributed by atoms with Gasteiger partial charge < -0.3 is 19.8 Å². The third kappa shape index (κ3) is 3.54. The van der Waals surface area contributed by atoms with Crippen LogP contribution in [0.4, 0.5) is 0 Å². The molecule has 2 aromatic rings. The van der Waals surface area contributed by atoms with E-state index >= 15 is 0 Å². The van der Waals surface area contributed by atoms with E-state index < -0.39 is 11.9 Å². The van der Waals surface area contributed by atoms with E-state index in [1.807, 2.05) is 0 Å². The van der Waals surface area contributed by atoms with Crippen LogP contribution in [0.2, 0.25) is 0 Å². The van der Waals surface area contributed by atoms with Crippen LogP contribution in [0.3, 0.4) is 0 Å². The Morgan fingerprint density at radius 1 is 0.944 bits per heavy atom. The van der Waals surface area contributed by atoms with E-state index in [0.29, 0.717) is 5.39 Å². The number of pyridine rings is 1. The van der Waals surface area contributed by atoms with Gasteiger partial charge in [0.25, 0.3) is 0 Å². The molecule has 0 amide bonds. The van der Waals surface area contributed by atoms with Crippen molar-refractivity contribution in [1.29, 1.82) is 0 Å². The molecular formula is C11H5NNa2O4. The molecule has 0 N–H and O–H groups in total. The van der Waals surface area contributed by atoms with Gasteiger partial charge in [0.2, 0.25) is 0 Å². The summed E-state index contributed by atoms with van der Waals surface area (Å²) in [6.45, 7) is 0. The molecule has 0 spiro atoms. The zero-order chi connectivity index (χ0) is 11.7. The summed E-state index contributed by atoms with van der Waals surface area (Å²) < 4.78 is 0. The molecule has 0 radical (unpaired) electrons. The van der Waals surface area contributed by atoms with Crippen LogP contribution >= 0.6 is 0 Å². The zero-order valence-electron chi connectivity index (χ0n) is 9.97. The van der Waals surface area contributed by atoms with Crippen LogP contribution in [0.25, 0.3) is 10.9 Å². The molecule has 0 atom stereocenters. The SMILES string of the molecule is O=C([O-])c1ccc2cccc(C(=O)[O-])c2n1.[Na+].[Na+]. The minimum absolute atomic E-state index is 0. The van der Waals surface area contributed by atoms with Crippen molar-refractivity contribution in [3.8, 4) is 0 Å². The number of carbonyl (C=O) groups excluding carboxylic acids is 2. The normalized spacial score (nSPS) is 9.11. The number of aromatic carboxylic acids is 2. The van der Waals surface area contributed by atoms with E-state index in [-0.39, 0.29) is 75.9 Å². The largest absolute Gasteiger partial charge is 1.00 e. The number of hydrogen-bond acceptors (Lipinski definition) is 5. The van der Waals surface area contributed by atoms with Crippen LogP contribution in [0.15, 0.2) is 30.3 Å². The molecule has 2 rings (SSSR count). The van der Waals surface area contributed by atoms with E-state index in [0.717, 1.165) is 0 Å². The van der Waals surface area contributed by atoms with Crippen molar-refractivity contribution in [1.82, 2.24) is 4.98 Å². The van der Waals surface area contributed by atoms with Crippen molar-refractivity contribution in [3.63, 3.8) is 0 Å². The molecule has 1 heterocycles. The minimum Gasteiger partial charge on any atom is -0.545 e. The molecule has 1 aromatic heterocycles. The van der Waals surface area contributed by atoms with Gasteiger partial charge in [0.15, 0.2) is 0 Å². The summed E-state index contributed by atoms with van der Waals surface area (Å²) in [5, 5.41) is 21.9. The molecule has 80 valence electrons. The van der Waals surface area contributed by atoms with Crippen molar-refractivity contribution in [2.24, 2.45) is 0 Å². The molecule has 0 saturated heterocycles. The molecule has 0 bridgehead atoms. The van der Waals surface area contributed by atoms with Gasteiger partial charge in [-0.1, -0.05) is 24.3 Å². The fraction of sp³-hybridized carbons (Fsp3) is 0. The van der Waals surface area contributed by atoms with E-state index in [1.165, 1.54) is 24.3 Å². The van der Waals surface area contributed by atoms with Crippen LogP contribution < -0.4 is 69.3 Å². The number of nitrogens with zero attached hydrogens (tertiary/aromatic N) is 1. The molecule has 0 saturated carbocycles. The van der Waals surface area contributed by atoms with Crippen molar-refractivity contribution >= 4 is 22.8 Å². The summed E-state index contributed by atoms with van der Waals surface area (Å²) >= 11 is 0. The van der Waals surface area contributed by atoms with E-state index in [1.54, 1.807) is 6.07 Å². The summed E-state index contributed by atoms with van der Waals surface area (Å²) in [4.78, 5) is 25.1. The number of hydrogen-bond donors (Lipinski definition) is 0. The van der Waals surface area contributed by atoms with E-state index in [4.69, 9.17) is 0 Å². The summed E-state index contributed by atoms with van der Waals surface area (Å²) in [5.41, 5.74) is -0.356. The standard InChI is InChI=1S/C11H7NO4.2Na/c13-10(14)7-3-1-2-6-4-5-8(11(15)16)12-9(6)7;;/h1-5H,(H,13,14)(H,15,16);;/q;2*+1/p-2. The first-order valence-corrected chi connectivity index (χ1v) is 4.42. The van der Waals surface area contributed by atoms with Gasteiger partial charge in [-0.3, -0.25) is 0 Å². The Hall–Kier alpha value is -0.430. The first-order chi connectivity index (χ1) is 7.59. The number of benzene rings is 1. The molecule has 5 nitrogen and oxygen atoms in total. The van der Waals surface area contributed by atoms with Gasteiger partial charge in [-0.2, -0.15) is 0 Å². The van der Waals surface area contributed by atoms with Crippen molar-refractivity contribution in [2.45, 2.75) is 0 Å². The molecule has 0 fully saturated rings.